The Bertz CT molecular complexity index is 1280. The highest BCUT2D eigenvalue weighted by Crippen LogP contribution is 2.34. The molecule has 0 aliphatic carbocycles. The van der Waals surface area contributed by atoms with Crippen molar-refractivity contribution in [1.82, 2.24) is 15.3 Å². The van der Waals surface area contributed by atoms with Crippen molar-refractivity contribution in [3.63, 3.8) is 0 Å². The van der Waals surface area contributed by atoms with Crippen LogP contribution in [0.1, 0.15) is 11.1 Å². The molecule has 2 aromatic heterocycles. The van der Waals surface area contributed by atoms with Gasteiger partial charge in [-0.15, -0.1) is 0 Å². The topological polar surface area (TPSA) is 101 Å². The maximum atomic E-state index is 12.2. The summed E-state index contributed by atoms with van der Waals surface area (Å²) in [6, 6.07) is 18.3. The molecular weight excluding hydrogens is 424 g/mol. The van der Waals surface area contributed by atoms with E-state index in [4.69, 9.17) is 0 Å². The Morgan fingerprint density at radius 3 is 2.81 bits per heavy atom. The van der Waals surface area contributed by atoms with Crippen LogP contribution in [0.5, 0.6) is 0 Å². The number of pyridine rings is 1. The van der Waals surface area contributed by atoms with Crippen LogP contribution < -0.4 is 5.32 Å². The van der Waals surface area contributed by atoms with Crippen LogP contribution in [0.25, 0.3) is 17.0 Å². The van der Waals surface area contributed by atoms with Gasteiger partial charge in [0.2, 0.25) is 5.91 Å². The molecule has 0 fully saturated rings. The fourth-order valence-electron chi connectivity index (χ4n) is 3.28. The van der Waals surface area contributed by atoms with Crippen molar-refractivity contribution in [3.05, 3.63) is 100 Å². The minimum Gasteiger partial charge on any atom is -0.361 e. The van der Waals surface area contributed by atoms with Gasteiger partial charge in [0.05, 0.1) is 9.82 Å². The molecule has 4 aromatic rings. The summed E-state index contributed by atoms with van der Waals surface area (Å²) in [5.41, 5.74) is 2.76. The lowest BCUT2D eigenvalue weighted by molar-refractivity contribution is -0.387. The molecule has 0 radical (unpaired) electrons. The van der Waals surface area contributed by atoms with Crippen LogP contribution in [0, 0.1) is 10.1 Å². The number of para-hydroxylation sites is 1. The molecule has 0 aliphatic heterocycles. The predicted octanol–water partition coefficient (Wildman–Crippen LogP) is 4.99. The Labute approximate surface area is 188 Å². The Morgan fingerprint density at radius 1 is 1.16 bits per heavy atom. The van der Waals surface area contributed by atoms with E-state index in [2.05, 4.69) is 15.3 Å². The monoisotopic (exact) mass is 444 g/mol. The number of carbonyl (C=O) groups is 1. The fourth-order valence-corrected chi connectivity index (χ4v) is 4.14. The van der Waals surface area contributed by atoms with Crippen LogP contribution in [-0.4, -0.2) is 27.3 Å². The van der Waals surface area contributed by atoms with Gasteiger partial charge in [-0.3, -0.25) is 14.9 Å². The van der Waals surface area contributed by atoms with Gasteiger partial charge in [-0.2, -0.15) is 0 Å². The van der Waals surface area contributed by atoms with Crippen molar-refractivity contribution in [3.8, 4) is 0 Å². The molecule has 2 N–H and O–H groups in total. The van der Waals surface area contributed by atoms with Crippen LogP contribution in [0.3, 0.4) is 0 Å². The van der Waals surface area contributed by atoms with E-state index in [-0.39, 0.29) is 11.6 Å². The number of rotatable bonds is 8. The van der Waals surface area contributed by atoms with Gasteiger partial charge in [0.1, 0.15) is 5.03 Å². The number of carbonyl (C=O) groups excluding carboxylic acids is 1. The third-order valence-corrected chi connectivity index (χ3v) is 5.84. The molecule has 0 spiro atoms. The molecule has 8 heteroatoms. The molecule has 1 amide bonds. The number of nitro benzene ring substituents is 1. The van der Waals surface area contributed by atoms with Gasteiger partial charge >= 0.3 is 0 Å². The molecule has 2 heterocycles. The summed E-state index contributed by atoms with van der Waals surface area (Å²) in [5, 5.41) is 16.2. The van der Waals surface area contributed by atoms with Gasteiger partial charge in [0.25, 0.3) is 5.69 Å². The number of benzene rings is 2. The molecule has 4 rings (SSSR count). The minimum absolute atomic E-state index is 0.0254. The number of hydrogen-bond acceptors (Lipinski definition) is 5. The lowest BCUT2D eigenvalue weighted by Crippen LogP contribution is -2.23. The van der Waals surface area contributed by atoms with Gasteiger partial charge in [-0.25, -0.2) is 4.98 Å². The van der Waals surface area contributed by atoms with Crippen molar-refractivity contribution < 1.29 is 9.72 Å². The van der Waals surface area contributed by atoms with Crippen molar-refractivity contribution in [2.24, 2.45) is 0 Å². The van der Waals surface area contributed by atoms with Crippen LogP contribution in [0.2, 0.25) is 0 Å². The standard InChI is InChI=1S/C24H20N4O3S/c29-23(25-14-12-18-16-27-20-6-2-1-5-19(18)20)11-9-17-8-10-22(21(15-17)28(30)31)32-24-7-3-4-13-26-24/h1-11,13,15-16,27H,12,14H2,(H,25,29). The third kappa shape index (κ3) is 5.22. The van der Waals surface area contributed by atoms with E-state index in [0.29, 0.717) is 28.5 Å². The third-order valence-electron chi connectivity index (χ3n) is 4.83. The second-order valence-corrected chi connectivity index (χ2v) is 8.05. The summed E-state index contributed by atoms with van der Waals surface area (Å²) in [6.45, 7) is 0.491. The second kappa shape index (κ2) is 9.93. The number of amides is 1. The zero-order valence-corrected chi connectivity index (χ0v) is 17.8. The molecule has 0 aliphatic rings. The molecular formula is C24H20N4O3S. The van der Waals surface area contributed by atoms with E-state index in [0.717, 1.165) is 16.5 Å². The zero-order chi connectivity index (χ0) is 22.3. The average molecular weight is 445 g/mol. The van der Waals surface area contributed by atoms with Crippen LogP contribution in [0.15, 0.2) is 89.1 Å². The van der Waals surface area contributed by atoms with Gasteiger partial charge < -0.3 is 10.3 Å². The average Bonchev–Trinajstić information content (AvgIpc) is 3.22. The largest absolute Gasteiger partial charge is 0.361 e. The Kier molecular flexibility index (Phi) is 6.62. The van der Waals surface area contributed by atoms with Crippen molar-refractivity contribution in [1.29, 1.82) is 0 Å². The molecule has 0 unspecified atom stereocenters. The summed E-state index contributed by atoms with van der Waals surface area (Å²) >= 11 is 1.23. The van der Waals surface area contributed by atoms with Crippen LogP contribution >= 0.6 is 11.8 Å². The van der Waals surface area contributed by atoms with Gasteiger partial charge in [-0.05, 0) is 47.9 Å². The van der Waals surface area contributed by atoms with Crippen molar-refractivity contribution >= 4 is 40.3 Å². The SMILES string of the molecule is O=C(C=Cc1ccc(Sc2ccccn2)c([N+](=O)[O-])c1)NCCc1c[nH]c2ccccc12. The Morgan fingerprint density at radius 2 is 2.00 bits per heavy atom. The first-order valence-electron chi connectivity index (χ1n) is 9.98. The maximum Gasteiger partial charge on any atom is 0.283 e. The summed E-state index contributed by atoms with van der Waals surface area (Å²) in [7, 11) is 0. The predicted molar refractivity (Wildman–Crippen MR) is 126 cm³/mol. The smallest absolute Gasteiger partial charge is 0.283 e. The summed E-state index contributed by atoms with van der Waals surface area (Å²) < 4.78 is 0. The number of H-pyrrole nitrogens is 1. The number of aromatic amines is 1. The lowest BCUT2D eigenvalue weighted by atomic mass is 10.1. The van der Waals surface area contributed by atoms with E-state index in [1.807, 2.05) is 36.5 Å². The lowest BCUT2D eigenvalue weighted by Gasteiger charge is -2.04. The highest BCUT2D eigenvalue weighted by Gasteiger charge is 2.15. The first kappa shape index (κ1) is 21.3. The summed E-state index contributed by atoms with van der Waals surface area (Å²) in [6.07, 6.45) is 7.26. The maximum absolute atomic E-state index is 12.2. The molecule has 32 heavy (non-hydrogen) atoms. The molecule has 0 bridgehead atoms. The van der Waals surface area contributed by atoms with E-state index in [1.54, 1.807) is 36.5 Å². The zero-order valence-electron chi connectivity index (χ0n) is 17.0. The van der Waals surface area contributed by atoms with Crippen LogP contribution in [0.4, 0.5) is 5.69 Å². The number of fused-ring (bicyclic) bond motifs is 1. The number of nitrogens with one attached hydrogen (secondary N) is 2. The first-order valence-corrected chi connectivity index (χ1v) is 10.8. The molecule has 2 aromatic carbocycles. The molecule has 0 saturated carbocycles. The van der Waals surface area contributed by atoms with Crippen molar-refractivity contribution in [2.45, 2.75) is 16.3 Å². The number of nitrogens with zero attached hydrogens (tertiary/aromatic N) is 2. The van der Waals surface area contributed by atoms with E-state index < -0.39 is 4.92 Å². The highest BCUT2D eigenvalue weighted by atomic mass is 32.2. The van der Waals surface area contributed by atoms with E-state index >= 15 is 0 Å². The second-order valence-electron chi connectivity index (χ2n) is 6.99. The Balaban J connectivity index is 1.37. The van der Waals surface area contributed by atoms with Gasteiger partial charge in [-0.1, -0.05) is 42.1 Å². The summed E-state index contributed by atoms with van der Waals surface area (Å²) in [4.78, 5) is 31.2. The highest BCUT2D eigenvalue weighted by molar-refractivity contribution is 7.99. The minimum atomic E-state index is -0.427. The van der Waals surface area contributed by atoms with Gasteiger partial charge in [0, 0.05) is 42.0 Å². The number of hydrogen-bond donors (Lipinski definition) is 2. The molecule has 160 valence electrons. The number of nitro groups is 1. The quantitative estimate of drug-likeness (QED) is 0.226. The van der Waals surface area contributed by atoms with E-state index in [1.165, 1.54) is 23.9 Å². The van der Waals surface area contributed by atoms with Gasteiger partial charge in [0.15, 0.2) is 0 Å². The fraction of sp³-hybridized carbons (Fsp3) is 0.0833. The van der Waals surface area contributed by atoms with Crippen LogP contribution in [-0.2, 0) is 11.2 Å². The first-order chi connectivity index (χ1) is 15.6. The molecule has 0 atom stereocenters. The van der Waals surface area contributed by atoms with Crippen molar-refractivity contribution in [2.75, 3.05) is 6.54 Å². The molecule has 7 nitrogen and oxygen atoms in total. The number of aromatic nitrogens is 2. The van der Waals surface area contributed by atoms with E-state index in [9.17, 15) is 14.9 Å². The summed E-state index contributed by atoms with van der Waals surface area (Å²) in [5.74, 6) is -0.251. The normalized spacial score (nSPS) is 11.1. The molecule has 0 saturated heterocycles. The Hall–Kier alpha value is -3.91.